The molecule has 0 unspecified atom stereocenters. The molecule has 2 aromatic rings. The number of hydrogen-bond acceptors (Lipinski definition) is 4. The first kappa shape index (κ1) is 16.4. The number of carbonyl (C=O) groups excluding carboxylic acids is 1. The zero-order valence-electron chi connectivity index (χ0n) is 12.9. The minimum absolute atomic E-state index is 0.0916. The maximum atomic E-state index is 11.8. The number of nitrogens with one attached hydrogen (secondary N) is 1. The Hall–Kier alpha value is -2.01. The van der Waals surface area contributed by atoms with Crippen LogP contribution in [0.15, 0.2) is 35.7 Å². The summed E-state index contributed by atoms with van der Waals surface area (Å²) in [7, 11) is 3.24. The molecule has 1 aromatic heterocycles. The lowest BCUT2D eigenvalue weighted by Gasteiger charge is -2.10. The Kier molecular flexibility index (Phi) is 6.27. The number of ether oxygens (including phenoxy) is 2. The molecule has 0 aliphatic heterocycles. The van der Waals surface area contributed by atoms with E-state index in [1.807, 2.05) is 29.6 Å². The molecular weight excluding hydrogens is 298 g/mol. The van der Waals surface area contributed by atoms with E-state index in [1.165, 1.54) is 4.88 Å². The zero-order valence-corrected chi connectivity index (χ0v) is 13.7. The smallest absolute Gasteiger partial charge is 0.220 e. The van der Waals surface area contributed by atoms with Gasteiger partial charge < -0.3 is 14.8 Å². The summed E-state index contributed by atoms with van der Waals surface area (Å²) in [5.74, 6) is 1.52. The van der Waals surface area contributed by atoms with Crippen molar-refractivity contribution in [1.29, 1.82) is 0 Å². The molecule has 0 atom stereocenters. The van der Waals surface area contributed by atoms with E-state index in [4.69, 9.17) is 9.47 Å². The fourth-order valence-corrected chi connectivity index (χ4v) is 2.87. The molecule has 22 heavy (non-hydrogen) atoms. The van der Waals surface area contributed by atoms with Gasteiger partial charge in [-0.05, 0) is 42.0 Å². The number of hydrogen-bond donors (Lipinski definition) is 1. The minimum Gasteiger partial charge on any atom is -0.493 e. The highest BCUT2D eigenvalue weighted by Crippen LogP contribution is 2.27. The minimum atomic E-state index is 0.0916. The van der Waals surface area contributed by atoms with Crippen LogP contribution in [-0.4, -0.2) is 26.7 Å². The lowest BCUT2D eigenvalue weighted by molar-refractivity contribution is -0.121. The van der Waals surface area contributed by atoms with Gasteiger partial charge in [-0.15, -0.1) is 11.3 Å². The first-order valence-corrected chi connectivity index (χ1v) is 8.11. The van der Waals surface area contributed by atoms with Gasteiger partial charge in [0.2, 0.25) is 5.91 Å². The highest BCUT2D eigenvalue weighted by atomic mass is 32.1. The molecule has 1 N–H and O–H groups in total. The van der Waals surface area contributed by atoms with Gasteiger partial charge in [-0.25, -0.2) is 0 Å². The molecule has 0 bridgehead atoms. The van der Waals surface area contributed by atoms with Crippen LogP contribution >= 0.6 is 11.3 Å². The van der Waals surface area contributed by atoms with Crippen LogP contribution in [-0.2, 0) is 17.6 Å². The van der Waals surface area contributed by atoms with E-state index < -0.39 is 0 Å². The van der Waals surface area contributed by atoms with E-state index in [-0.39, 0.29) is 5.91 Å². The average Bonchev–Trinajstić information content (AvgIpc) is 3.06. The molecule has 0 saturated carbocycles. The third-order valence-corrected chi connectivity index (χ3v) is 4.30. The molecule has 0 spiro atoms. The molecule has 118 valence electrons. The summed E-state index contributed by atoms with van der Waals surface area (Å²) in [4.78, 5) is 13.0. The lowest BCUT2D eigenvalue weighted by atomic mass is 10.1. The average molecular weight is 319 g/mol. The predicted molar refractivity (Wildman–Crippen MR) is 88.9 cm³/mol. The Morgan fingerprint density at radius 2 is 1.95 bits per heavy atom. The molecule has 1 aromatic carbocycles. The number of benzene rings is 1. The molecule has 1 amide bonds. The number of aryl methyl sites for hydroxylation is 1. The summed E-state index contributed by atoms with van der Waals surface area (Å²) < 4.78 is 10.5. The van der Waals surface area contributed by atoms with Crippen molar-refractivity contribution in [2.75, 3.05) is 20.8 Å². The standard InChI is InChI=1S/C17H21NO3S/c1-20-15-7-5-13(12-16(15)21-2)9-10-18-17(19)8-6-14-4-3-11-22-14/h3-5,7,11-12H,6,8-10H2,1-2H3,(H,18,19). The Morgan fingerprint density at radius 3 is 2.64 bits per heavy atom. The summed E-state index contributed by atoms with van der Waals surface area (Å²) in [5.41, 5.74) is 1.11. The van der Waals surface area contributed by atoms with Crippen LogP contribution in [0, 0.1) is 0 Å². The fourth-order valence-electron chi connectivity index (χ4n) is 2.16. The molecule has 1 heterocycles. The van der Waals surface area contributed by atoms with Gasteiger partial charge in [0.15, 0.2) is 11.5 Å². The van der Waals surface area contributed by atoms with E-state index >= 15 is 0 Å². The van der Waals surface area contributed by atoms with Crippen molar-refractivity contribution in [3.63, 3.8) is 0 Å². The summed E-state index contributed by atoms with van der Waals surface area (Å²) in [6.45, 7) is 0.624. The first-order chi connectivity index (χ1) is 10.7. The van der Waals surface area contributed by atoms with Gasteiger partial charge in [-0.1, -0.05) is 12.1 Å². The van der Waals surface area contributed by atoms with Crippen molar-refractivity contribution in [1.82, 2.24) is 5.32 Å². The number of methoxy groups -OCH3 is 2. The Balaban J connectivity index is 1.74. The lowest BCUT2D eigenvalue weighted by Crippen LogP contribution is -2.25. The van der Waals surface area contributed by atoms with Crippen LogP contribution in [0.4, 0.5) is 0 Å². The number of rotatable bonds is 8. The molecule has 0 fully saturated rings. The zero-order chi connectivity index (χ0) is 15.8. The van der Waals surface area contributed by atoms with Crippen LogP contribution < -0.4 is 14.8 Å². The van der Waals surface area contributed by atoms with Crippen molar-refractivity contribution < 1.29 is 14.3 Å². The monoisotopic (exact) mass is 319 g/mol. The second-order valence-corrected chi connectivity index (χ2v) is 5.90. The second kappa shape index (κ2) is 8.44. The highest BCUT2D eigenvalue weighted by molar-refractivity contribution is 7.09. The SMILES string of the molecule is COc1ccc(CCNC(=O)CCc2cccs2)cc1OC. The first-order valence-electron chi connectivity index (χ1n) is 7.23. The van der Waals surface area contributed by atoms with Crippen molar-refractivity contribution in [2.24, 2.45) is 0 Å². The number of thiophene rings is 1. The van der Waals surface area contributed by atoms with Gasteiger partial charge in [-0.3, -0.25) is 4.79 Å². The summed E-state index contributed by atoms with van der Waals surface area (Å²) >= 11 is 1.69. The Labute approximate surface area is 135 Å². The molecule has 2 rings (SSSR count). The topological polar surface area (TPSA) is 47.6 Å². The molecule has 0 aliphatic rings. The summed E-state index contributed by atoms with van der Waals surface area (Å²) in [6.07, 6.45) is 2.11. The molecule has 0 radical (unpaired) electrons. The molecular formula is C17H21NO3S. The van der Waals surface area contributed by atoms with Crippen LogP contribution in [0.2, 0.25) is 0 Å². The molecule has 4 nitrogen and oxygen atoms in total. The number of amides is 1. The quantitative estimate of drug-likeness (QED) is 0.813. The maximum Gasteiger partial charge on any atom is 0.220 e. The maximum absolute atomic E-state index is 11.8. The Morgan fingerprint density at radius 1 is 1.14 bits per heavy atom. The molecule has 0 aliphatic carbocycles. The van der Waals surface area contributed by atoms with Crippen LogP contribution in [0.25, 0.3) is 0 Å². The van der Waals surface area contributed by atoms with E-state index in [2.05, 4.69) is 11.4 Å². The van der Waals surface area contributed by atoms with E-state index in [9.17, 15) is 4.79 Å². The van der Waals surface area contributed by atoms with Gasteiger partial charge >= 0.3 is 0 Å². The van der Waals surface area contributed by atoms with E-state index in [1.54, 1.807) is 25.6 Å². The van der Waals surface area contributed by atoms with Crippen LogP contribution in [0.3, 0.4) is 0 Å². The van der Waals surface area contributed by atoms with E-state index in [0.29, 0.717) is 24.5 Å². The normalized spacial score (nSPS) is 10.3. The van der Waals surface area contributed by atoms with Crippen molar-refractivity contribution >= 4 is 17.2 Å². The second-order valence-electron chi connectivity index (χ2n) is 4.87. The van der Waals surface area contributed by atoms with Crippen LogP contribution in [0.5, 0.6) is 11.5 Å². The van der Waals surface area contributed by atoms with Gasteiger partial charge in [0.25, 0.3) is 0 Å². The predicted octanol–water partition coefficient (Wildman–Crippen LogP) is 3.06. The molecule has 0 saturated heterocycles. The van der Waals surface area contributed by atoms with Gasteiger partial charge in [0.1, 0.15) is 0 Å². The van der Waals surface area contributed by atoms with Crippen molar-refractivity contribution in [3.8, 4) is 11.5 Å². The largest absolute Gasteiger partial charge is 0.493 e. The summed E-state index contributed by atoms with van der Waals surface area (Å²) in [6, 6.07) is 9.87. The van der Waals surface area contributed by atoms with Gasteiger partial charge in [-0.2, -0.15) is 0 Å². The fraction of sp³-hybridized carbons (Fsp3) is 0.353. The van der Waals surface area contributed by atoms with Gasteiger partial charge in [0.05, 0.1) is 14.2 Å². The summed E-state index contributed by atoms with van der Waals surface area (Å²) in [5, 5.41) is 4.99. The molecule has 5 heteroatoms. The highest BCUT2D eigenvalue weighted by Gasteiger charge is 2.06. The van der Waals surface area contributed by atoms with E-state index in [0.717, 1.165) is 18.4 Å². The third-order valence-electron chi connectivity index (χ3n) is 3.36. The van der Waals surface area contributed by atoms with Crippen molar-refractivity contribution in [3.05, 3.63) is 46.2 Å². The van der Waals surface area contributed by atoms with Crippen LogP contribution in [0.1, 0.15) is 16.9 Å². The Bertz CT molecular complexity index is 596. The number of carbonyl (C=O) groups is 1. The van der Waals surface area contributed by atoms with Gasteiger partial charge in [0, 0.05) is 17.8 Å². The third kappa shape index (κ3) is 4.77. The van der Waals surface area contributed by atoms with Crippen molar-refractivity contribution in [2.45, 2.75) is 19.3 Å².